The summed E-state index contributed by atoms with van der Waals surface area (Å²) in [5, 5.41) is 24.6. The summed E-state index contributed by atoms with van der Waals surface area (Å²) in [5.74, 6) is -1.52. The molecule has 33 heavy (non-hydrogen) atoms. The van der Waals surface area contributed by atoms with Gasteiger partial charge in [-0.05, 0) is 25.1 Å². The molecular formula is C22H22F2N8O. The molecule has 9 nitrogen and oxygen atoms in total. The lowest BCUT2D eigenvalue weighted by molar-refractivity contribution is -0.0710. The highest BCUT2D eigenvalue weighted by molar-refractivity contribution is 5.60. The Balaban J connectivity index is 1.51. The molecule has 2 atom stereocenters. The average molecular weight is 452 g/mol. The van der Waals surface area contributed by atoms with Crippen LogP contribution in [-0.2, 0) is 25.2 Å². The van der Waals surface area contributed by atoms with E-state index < -0.39 is 23.3 Å². The molecule has 0 aliphatic carbocycles. The molecular weight excluding hydrogens is 430 g/mol. The fourth-order valence-electron chi connectivity index (χ4n) is 4.37. The van der Waals surface area contributed by atoms with Gasteiger partial charge in [0.05, 0.1) is 18.8 Å². The number of aliphatic hydroxyl groups is 1. The first kappa shape index (κ1) is 21.3. The first-order valence-electron chi connectivity index (χ1n) is 10.5. The minimum atomic E-state index is -1.71. The maximum absolute atomic E-state index is 14.9. The zero-order valence-corrected chi connectivity index (χ0v) is 17.9. The minimum absolute atomic E-state index is 0.00316. The summed E-state index contributed by atoms with van der Waals surface area (Å²) in [6.45, 7) is 3.31. The van der Waals surface area contributed by atoms with Gasteiger partial charge >= 0.3 is 0 Å². The number of hydrogen-bond acceptors (Lipinski definition) is 7. The quantitative estimate of drug-likeness (QED) is 0.478. The van der Waals surface area contributed by atoms with Crippen molar-refractivity contribution in [2.75, 3.05) is 6.54 Å². The van der Waals surface area contributed by atoms with Crippen LogP contribution in [0.25, 0.3) is 11.3 Å². The Labute approximate surface area is 188 Å². The number of benzene rings is 1. The van der Waals surface area contributed by atoms with E-state index in [0.29, 0.717) is 25.3 Å². The monoisotopic (exact) mass is 452 g/mol. The van der Waals surface area contributed by atoms with Gasteiger partial charge in [0.25, 0.3) is 0 Å². The summed E-state index contributed by atoms with van der Waals surface area (Å²) in [6, 6.07) is 6.40. The fraction of sp³-hybridized carbons (Fsp3) is 0.318. The van der Waals surface area contributed by atoms with Gasteiger partial charge in [-0.25, -0.2) is 23.1 Å². The summed E-state index contributed by atoms with van der Waals surface area (Å²) < 4.78 is 31.8. The van der Waals surface area contributed by atoms with Crippen LogP contribution in [0.15, 0.2) is 55.4 Å². The van der Waals surface area contributed by atoms with E-state index in [0.717, 1.165) is 23.4 Å². The highest BCUT2D eigenvalue weighted by Crippen LogP contribution is 2.35. The third kappa shape index (κ3) is 3.89. The van der Waals surface area contributed by atoms with E-state index in [1.54, 1.807) is 12.4 Å². The second-order valence-electron chi connectivity index (χ2n) is 8.14. The Kier molecular flexibility index (Phi) is 5.43. The summed E-state index contributed by atoms with van der Waals surface area (Å²) in [4.78, 5) is 10.1. The average Bonchev–Trinajstić information content (AvgIpc) is 3.48. The van der Waals surface area contributed by atoms with Crippen molar-refractivity contribution in [1.82, 2.24) is 39.6 Å². The van der Waals surface area contributed by atoms with Crippen molar-refractivity contribution < 1.29 is 13.9 Å². The van der Waals surface area contributed by atoms with E-state index in [1.165, 1.54) is 23.4 Å². The smallest absolute Gasteiger partial charge is 0.137 e. The molecule has 4 heterocycles. The Hall–Kier alpha value is -3.57. The zero-order chi connectivity index (χ0) is 23.0. The molecule has 1 aliphatic rings. The van der Waals surface area contributed by atoms with Gasteiger partial charge in [0.15, 0.2) is 0 Å². The molecule has 1 aliphatic heterocycles. The van der Waals surface area contributed by atoms with Crippen LogP contribution in [-0.4, -0.2) is 57.3 Å². The van der Waals surface area contributed by atoms with E-state index in [1.807, 2.05) is 28.6 Å². The van der Waals surface area contributed by atoms with Gasteiger partial charge in [-0.2, -0.15) is 5.10 Å². The molecule has 1 aromatic carbocycles. The summed E-state index contributed by atoms with van der Waals surface area (Å²) in [7, 11) is 0. The molecule has 0 amide bonds. The molecule has 0 saturated heterocycles. The van der Waals surface area contributed by atoms with Gasteiger partial charge in [-0.1, -0.05) is 11.3 Å². The van der Waals surface area contributed by atoms with Crippen LogP contribution in [0.5, 0.6) is 0 Å². The van der Waals surface area contributed by atoms with Crippen LogP contribution >= 0.6 is 0 Å². The number of fused-ring (bicyclic) bond motifs is 1. The SMILES string of the molecule is C[C@@H](N1CCn2nnc(-c3cccnc3)c2C1)[C@](O)(Cn1cncn1)c1ccc(F)cc1F. The van der Waals surface area contributed by atoms with Gasteiger partial charge in [-0.15, -0.1) is 5.10 Å². The second kappa shape index (κ2) is 8.41. The van der Waals surface area contributed by atoms with Crippen molar-refractivity contribution in [3.05, 3.63) is 78.3 Å². The molecule has 0 spiro atoms. The summed E-state index contributed by atoms with van der Waals surface area (Å²) in [6.07, 6.45) is 6.21. The van der Waals surface area contributed by atoms with Crippen LogP contribution in [0.1, 0.15) is 18.2 Å². The van der Waals surface area contributed by atoms with Gasteiger partial charge in [0.2, 0.25) is 0 Å². The van der Waals surface area contributed by atoms with Crippen molar-refractivity contribution >= 4 is 0 Å². The van der Waals surface area contributed by atoms with Crippen LogP contribution < -0.4 is 0 Å². The third-order valence-corrected chi connectivity index (χ3v) is 6.23. The van der Waals surface area contributed by atoms with Crippen molar-refractivity contribution in [3.63, 3.8) is 0 Å². The molecule has 1 N–H and O–H groups in total. The molecule has 3 aromatic heterocycles. The van der Waals surface area contributed by atoms with Gasteiger partial charge < -0.3 is 5.11 Å². The highest BCUT2D eigenvalue weighted by Gasteiger charge is 2.43. The molecule has 0 saturated carbocycles. The maximum atomic E-state index is 14.9. The second-order valence-corrected chi connectivity index (χ2v) is 8.14. The Morgan fingerprint density at radius 2 is 2.06 bits per heavy atom. The van der Waals surface area contributed by atoms with E-state index >= 15 is 0 Å². The highest BCUT2D eigenvalue weighted by atomic mass is 19.1. The van der Waals surface area contributed by atoms with Crippen LogP contribution in [0.4, 0.5) is 8.78 Å². The number of halogens is 2. The largest absolute Gasteiger partial charge is 0.381 e. The van der Waals surface area contributed by atoms with E-state index in [4.69, 9.17) is 0 Å². The van der Waals surface area contributed by atoms with Crippen molar-refractivity contribution in [2.24, 2.45) is 0 Å². The lowest BCUT2D eigenvalue weighted by atomic mass is 9.85. The number of pyridine rings is 1. The molecule has 0 radical (unpaired) electrons. The minimum Gasteiger partial charge on any atom is -0.381 e. The molecule has 4 aromatic rings. The molecule has 170 valence electrons. The number of nitrogens with zero attached hydrogens (tertiary/aromatic N) is 8. The van der Waals surface area contributed by atoms with Crippen molar-refractivity contribution in [1.29, 1.82) is 0 Å². The fourth-order valence-corrected chi connectivity index (χ4v) is 4.37. The number of rotatable bonds is 6. The van der Waals surface area contributed by atoms with Gasteiger partial charge in [0, 0.05) is 48.7 Å². The maximum Gasteiger partial charge on any atom is 0.137 e. The third-order valence-electron chi connectivity index (χ3n) is 6.23. The lowest BCUT2D eigenvalue weighted by Gasteiger charge is -2.42. The molecule has 5 rings (SSSR count). The zero-order valence-electron chi connectivity index (χ0n) is 17.9. The number of aromatic nitrogens is 7. The predicted molar refractivity (Wildman–Crippen MR) is 113 cm³/mol. The summed E-state index contributed by atoms with van der Waals surface area (Å²) >= 11 is 0. The number of hydrogen-bond donors (Lipinski definition) is 1. The molecule has 0 unspecified atom stereocenters. The molecule has 0 bridgehead atoms. The Morgan fingerprint density at radius 1 is 1.18 bits per heavy atom. The summed E-state index contributed by atoms with van der Waals surface area (Å²) in [5.41, 5.74) is 0.721. The van der Waals surface area contributed by atoms with Crippen LogP contribution in [0, 0.1) is 11.6 Å². The first-order chi connectivity index (χ1) is 16.0. The van der Waals surface area contributed by atoms with E-state index in [9.17, 15) is 13.9 Å². The lowest BCUT2D eigenvalue weighted by Crippen LogP contribution is -2.53. The van der Waals surface area contributed by atoms with Crippen molar-refractivity contribution in [2.45, 2.75) is 38.2 Å². The standard InChI is InChI=1S/C22H22F2N8O/c1-15(22(33,12-31-14-26-13-27-31)18-5-4-17(23)9-19(18)24)30-7-8-32-20(11-30)21(28-29-32)16-3-2-6-25-10-16/h2-6,9-10,13-15,33H,7-8,11-12H2,1H3/t15-,22-/m1/s1. The first-order valence-corrected chi connectivity index (χ1v) is 10.5. The Bertz CT molecular complexity index is 1250. The van der Waals surface area contributed by atoms with Gasteiger partial charge in [0.1, 0.15) is 35.6 Å². The topological polar surface area (TPSA) is 97.8 Å². The van der Waals surface area contributed by atoms with Gasteiger partial charge in [-0.3, -0.25) is 9.88 Å². The van der Waals surface area contributed by atoms with E-state index in [2.05, 4.69) is 25.4 Å². The normalized spacial score (nSPS) is 16.8. The molecule has 11 heteroatoms. The Morgan fingerprint density at radius 3 is 2.79 bits per heavy atom. The molecule has 0 fully saturated rings. The van der Waals surface area contributed by atoms with Crippen molar-refractivity contribution in [3.8, 4) is 11.3 Å². The van der Waals surface area contributed by atoms with Crippen LogP contribution in [0.2, 0.25) is 0 Å². The predicted octanol–water partition coefficient (Wildman–Crippen LogP) is 2.00. The van der Waals surface area contributed by atoms with Crippen LogP contribution in [0.3, 0.4) is 0 Å². The van der Waals surface area contributed by atoms with E-state index in [-0.39, 0.29) is 12.1 Å².